The molecule has 0 N–H and O–H groups in total. The first-order chi connectivity index (χ1) is 16.7. The summed E-state index contributed by atoms with van der Waals surface area (Å²) in [6.45, 7) is 11.3. The maximum Gasteiger partial charge on any atom is 0.223 e. The van der Waals surface area contributed by atoms with Crippen LogP contribution in [0.25, 0.3) is 27.9 Å². The molecule has 0 atom stereocenters. The van der Waals surface area contributed by atoms with E-state index < -0.39 is 0 Å². The van der Waals surface area contributed by atoms with E-state index in [1.165, 1.54) is 5.56 Å². The van der Waals surface area contributed by atoms with Crippen LogP contribution in [0.15, 0.2) is 42.5 Å². The Kier molecular flexibility index (Phi) is 6.13. The predicted octanol–water partition coefficient (Wildman–Crippen LogP) is 5.38. The highest BCUT2D eigenvalue weighted by atomic mass is 35.5. The number of benzene rings is 2. The molecule has 0 aliphatic carbocycles. The summed E-state index contributed by atoms with van der Waals surface area (Å²) in [6.07, 6.45) is 1.42. The Balaban J connectivity index is 1.58. The topological polar surface area (TPSA) is 66.6 Å². The number of carbonyl (C=O) groups excluding carboxylic acids is 1. The van der Waals surface area contributed by atoms with Crippen molar-refractivity contribution in [1.82, 2.24) is 24.5 Å². The molecule has 3 heterocycles. The van der Waals surface area contributed by atoms with Crippen molar-refractivity contribution < 1.29 is 4.79 Å². The van der Waals surface area contributed by atoms with Crippen LogP contribution >= 0.6 is 11.6 Å². The lowest BCUT2D eigenvalue weighted by Crippen LogP contribution is -2.37. The number of aromatic nitrogens is 4. The Morgan fingerprint density at radius 3 is 2.51 bits per heavy atom. The van der Waals surface area contributed by atoms with Gasteiger partial charge >= 0.3 is 0 Å². The van der Waals surface area contributed by atoms with Gasteiger partial charge < -0.3 is 9.80 Å². The number of carbonyl (C=O) groups is 1. The lowest BCUT2D eigenvalue weighted by atomic mass is 9.91. The first kappa shape index (κ1) is 23.5. The standard InChI is InChI=1S/C27H31ClN6O/c1-18-6-8-19(9-7-18)24-30-31-25-21-11-10-20(28)16-22(21)29-26(34(24)25)33-13-5-12-32(14-15-33)23(35)17-27(2,3)4/h6-11,16H,5,12-15,17H2,1-4H3. The van der Waals surface area contributed by atoms with Crippen molar-refractivity contribution in [3.63, 3.8) is 0 Å². The van der Waals surface area contributed by atoms with E-state index in [-0.39, 0.29) is 11.3 Å². The summed E-state index contributed by atoms with van der Waals surface area (Å²) < 4.78 is 2.05. The Morgan fingerprint density at radius 1 is 1.00 bits per heavy atom. The van der Waals surface area contributed by atoms with Crippen LogP contribution in [0.3, 0.4) is 0 Å². The molecular weight excluding hydrogens is 460 g/mol. The Bertz CT molecular complexity index is 1390. The SMILES string of the molecule is Cc1ccc(-c2nnc3c4ccc(Cl)cc4nc(N4CCCN(C(=O)CC(C)(C)C)CC4)n23)cc1. The summed E-state index contributed by atoms with van der Waals surface area (Å²) in [7, 11) is 0. The zero-order valence-electron chi connectivity index (χ0n) is 20.8. The number of hydrogen-bond donors (Lipinski definition) is 0. The summed E-state index contributed by atoms with van der Waals surface area (Å²) in [4.78, 5) is 22.2. The molecule has 0 unspecified atom stereocenters. The summed E-state index contributed by atoms with van der Waals surface area (Å²) in [5, 5.41) is 10.7. The average Bonchev–Trinajstić information content (AvgIpc) is 3.08. The zero-order chi connectivity index (χ0) is 24.7. The fourth-order valence-corrected chi connectivity index (χ4v) is 4.79. The molecule has 0 radical (unpaired) electrons. The third kappa shape index (κ3) is 4.82. The number of halogens is 1. The van der Waals surface area contributed by atoms with Crippen molar-refractivity contribution in [2.24, 2.45) is 5.41 Å². The van der Waals surface area contributed by atoms with E-state index in [9.17, 15) is 4.79 Å². The van der Waals surface area contributed by atoms with E-state index in [2.05, 4.69) is 67.1 Å². The van der Waals surface area contributed by atoms with Crippen LogP contribution in [-0.2, 0) is 4.79 Å². The molecule has 182 valence electrons. The summed E-state index contributed by atoms with van der Waals surface area (Å²) >= 11 is 6.32. The lowest BCUT2D eigenvalue weighted by molar-refractivity contribution is -0.132. The summed E-state index contributed by atoms with van der Waals surface area (Å²) in [6, 6.07) is 14.0. The molecule has 1 amide bonds. The van der Waals surface area contributed by atoms with Gasteiger partial charge in [0.05, 0.1) is 5.52 Å². The van der Waals surface area contributed by atoms with Gasteiger partial charge in [-0.3, -0.25) is 4.79 Å². The third-order valence-corrected chi connectivity index (χ3v) is 6.64. The molecule has 1 saturated heterocycles. The number of hydrogen-bond acceptors (Lipinski definition) is 5. The van der Waals surface area contributed by atoms with E-state index in [1.54, 1.807) is 0 Å². The fourth-order valence-electron chi connectivity index (χ4n) is 4.63. The van der Waals surface area contributed by atoms with Gasteiger partial charge in [0.2, 0.25) is 11.9 Å². The van der Waals surface area contributed by atoms with Crippen LogP contribution in [0.5, 0.6) is 0 Å². The second kappa shape index (κ2) is 9.11. The van der Waals surface area contributed by atoms with Crippen LogP contribution in [0, 0.1) is 12.3 Å². The van der Waals surface area contributed by atoms with Gasteiger partial charge in [-0.15, -0.1) is 10.2 Å². The van der Waals surface area contributed by atoms with Gasteiger partial charge in [-0.2, -0.15) is 0 Å². The minimum atomic E-state index is -0.0279. The molecule has 7 nitrogen and oxygen atoms in total. The van der Waals surface area contributed by atoms with Crippen molar-refractivity contribution in [2.75, 3.05) is 31.1 Å². The van der Waals surface area contributed by atoms with Gasteiger partial charge in [0.15, 0.2) is 11.5 Å². The monoisotopic (exact) mass is 490 g/mol. The maximum atomic E-state index is 12.9. The van der Waals surface area contributed by atoms with E-state index >= 15 is 0 Å². The highest BCUT2D eigenvalue weighted by Gasteiger charge is 2.26. The fraction of sp³-hybridized carbons (Fsp3) is 0.407. The number of anilines is 1. The van der Waals surface area contributed by atoms with E-state index in [0.717, 1.165) is 53.4 Å². The molecule has 0 bridgehead atoms. The smallest absolute Gasteiger partial charge is 0.223 e. The van der Waals surface area contributed by atoms with Crippen molar-refractivity contribution in [2.45, 2.75) is 40.5 Å². The molecule has 4 aromatic rings. The van der Waals surface area contributed by atoms with Crippen LogP contribution in [0.4, 0.5) is 5.95 Å². The molecule has 1 aliphatic heterocycles. The van der Waals surface area contributed by atoms with Gasteiger partial charge in [0.1, 0.15) is 0 Å². The molecule has 1 aliphatic rings. The van der Waals surface area contributed by atoms with Crippen LogP contribution in [0.2, 0.25) is 5.02 Å². The van der Waals surface area contributed by atoms with Crippen molar-refractivity contribution >= 4 is 40.0 Å². The van der Waals surface area contributed by atoms with Crippen molar-refractivity contribution in [3.05, 3.63) is 53.1 Å². The molecule has 2 aromatic carbocycles. The second-order valence-electron chi connectivity index (χ2n) is 10.6. The maximum absolute atomic E-state index is 12.9. The average molecular weight is 491 g/mol. The Hall–Kier alpha value is -3.19. The molecule has 35 heavy (non-hydrogen) atoms. The quantitative estimate of drug-likeness (QED) is 0.385. The number of amides is 1. The molecule has 2 aromatic heterocycles. The molecule has 0 saturated carbocycles. The number of nitrogens with zero attached hydrogens (tertiary/aromatic N) is 6. The minimum Gasteiger partial charge on any atom is -0.341 e. The lowest BCUT2D eigenvalue weighted by Gasteiger charge is -2.26. The molecule has 0 spiro atoms. The third-order valence-electron chi connectivity index (χ3n) is 6.41. The minimum absolute atomic E-state index is 0.0279. The Morgan fingerprint density at radius 2 is 1.77 bits per heavy atom. The van der Waals surface area contributed by atoms with Gasteiger partial charge in [0.25, 0.3) is 0 Å². The second-order valence-corrected chi connectivity index (χ2v) is 11.0. The van der Waals surface area contributed by atoms with E-state index in [0.29, 0.717) is 24.5 Å². The zero-order valence-corrected chi connectivity index (χ0v) is 21.5. The molecule has 1 fully saturated rings. The van der Waals surface area contributed by atoms with Crippen molar-refractivity contribution in [3.8, 4) is 11.4 Å². The normalized spacial score (nSPS) is 15.1. The van der Waals surface area contributed by atoms with Gasteiger partial charge in [-0.25, -0.2) is 9.38 Å². The van der Waals surface area contributed by atoms with Crippen LogP contribution in [0.1, 0.15) is 39.2 Å². The number of fused-ring (bicyclic) bond motifs is 3. The van der Waals surface area contributed by atoms with Gasteiger partial charge in [-0.1, -0.05) is 62.2 Å². The Labute approximate surface area is 210 Å². The highest BCUT2D eigenvalue weighted by molar-refractivity contribution is 6.31. The first-order valence-electron chi connectivity index (χ1n) is 12.1. The van der Waals surface area contributed by atoms with E-state index in [4.69, 9.17) is 16.6 Å². The van der Waals surface area contributed by atoms with Crippen molar-refractivity contribution in [1.29, 1.82) is 0 Å². The molecule has 5 rings (SSSR count). The predicted molar refractivity (Wildman–Crippen MR) is 141 cm³/mol. The largest absolute Gasteiger partial charge is 0.341 e. The van der Waals surface area contributed by atoms with Crippen LogP contribution < -0.4 is 4.90 Å². The molecule has 8 heteroatoms. The van der Waals surface area contributed by atoms with Gasteiger partial charge in [-0.05, 0) is 37.0 Å². The first-order valence-corrected chi connectivity index (χ1v) is 12.5. The summed E-state index contributed by atoms with van der Waals surface area (Å²) in [5.74, 6) is 1.75. The molecular formula is C27H31ClN6O. The summed E-state index contributed by atoms with van der Waals surface area (Å²) in [5.41, 5.74) is 3.68. The van der Waals surface area contributed by atoms with Crippen LogP contribution in [-0.4, -0.2) is 56.6 Å². The number of aryl methyl sites for hydroxylation is 1. The number of rotatable bonds is 3. The van der Waals surface area contributed by atoms with E-state index in [1.807, 2.05) is 27.5 Å². The highest BCUT2D eigenvalue weighted by Crippen LogP contribution is 2.30. The van der Waals surface area contributed by atoms with Gasteiger partial charge in [0, 0.05) is 48.6 Å².